The average Bonchev–Trinajstić information content (AvgIpc) is 2.80. The van der Waals surface area contributed by atoms with E-state index in [4.69, 9.17) is 0 Å². The minimum absolute atomic E-state index is 0.169. The van der Waals surface area contributed by atoms with E-state index in [2.05, 4.69) is 5.32 Å². The van der Waals surface area contributed by atoms with E-state index < -0.39 is 23.4 Å². The average molecular weight is 271 g/mol. The molecular formula is C14H25NO4. The van der Waals surface area contributed by atoms with E-state index in [1.54, 1.807) is 6.92 Å². The monoisotopic (exact) mass is 271 g/mol. The Hall–Kier alpha value is -1.10. The van der Waals surface area contributed by atoms with Gasteiger partial charge in [0.15, 0.2) is 0 Å². The molecule has 0 bridgehead atoms. The summed E-state index contributed by atoms with van der Waals surface area (Å²) in [6, 6.07) is 0. The number of carboxylic acid groups (broad SMARTS) is 1. The quantitative estimate of drug-likeness (QED) is 0.681. The van der Waals surface area contributed by atoms with E-state index in [9.17, 15) is 19.8 Å². The first-order valence-electron chi connectivity index (χ1n) is 7.03. The molecule has 3 N–H and O–H groups in total. The molecule has 0 heterocycles. The Bertz CT molecular complexity index is 340. The highest BCUT2D eigenvalue weighted by Crippen LogP contribution is 2.38. The first-order chi connectivity index (χ1) is 8.80. The van der Waals surface area contributed by atoms with Crippen LogP contribution >= 0.6 is 0 Å². The Balaban J connectivity index is 2.62. The van der Waals surface area contributed by atoms with Crippen molar-refractivity contribution in [3.8, 4) is 0 Å². The molecule has 0 radical (unpaired) electrons. The van der Waals surface area contributed by atoms with Gasteiger partial charge in [0.1, 0.15) is 0 Å². The number of carbonyl (C=O) groups excluding carboxylic acids is 1. The lowest BCUT2D eigenvalue weighted by molar-refractivity contribution is -0.146. The largest absolute Gasteiger partial charge is 0.481 e. The molecule has 1 fully saturated rings. The molecule has 0 spiro atoms. The number of aliphatic hydroxyl groups is 1. The van der Waals surface area contributed by atoms with Crippen molar-refractivity contribution in [3.05, 3.63) is 0 Å². The summed E-state index contributed by atoms with van der Waals surface area (Å²) in [5.41, 5.74) is -0.933. The second-order valence-corrected chi connectivity index (χ2v) is 5.87. The van der Waals surface area contributed by atoms with Crippen LogP contribution in [0.4, 0.5) is 0 Å². The van der Waals surface area contributed by atoms with Crippen molar-refractivity contribution in [1.82, 2.24) is 5.32 Å². The smallest absolute Gasteiger partial charge is 0.307 e. The number of nitrogens with one attached hydrogen (secondary N) is 1. The molecule has 0 aromatic rings. The summed E-state index contributed by atoms with van der Waals surface area (Å²) >= 11 is 0. The number of hydrogen-bond donors (Lipinski definition) is 3. The number of carboxylic acids is 1. The lowest BCUT2D eigenvalue weighted by Crippen LogP contribution is -2.43. The Kier molecular flexibility index (Phi) is 5.35. The molecule has 4 atom stereocenters. The third-order valence-electron chi connectivity index (χ3n) is 4.30. The maximum atomic E-state index is 12.1. The predicted molar refractivity (Wildman–Crippen MR) is 71.6 cm³/mol. The highest BCUT2D eigenvalue weighted by Gasteiger charge is 2.42. The second kappa shape index (κ2) is 6.37. The van der Waals surface area contributed by atoms with Gasteiger partial charge in [-0.2, -0.15) is 0 Å². The highest BCUT2D eigenvalue weighted by atomic mass is 16.4. The van der Waals surface area contributed by atoms with Crippen LogP contribution in [0.5, 0.6) is 0 Å². The predicted octanol–water partition coefficient (Wildman–Crippen LogP) is 1.40. The van der Waals surface area contributed by atoms with Crippen LogP contribution in [0.3, 0.4) is 0 Å². The maximum Gasteiger partial charge on any atom is 0.307 e. The maximum absolute atomic E-state index is 12.1. The third kappa shape index (κ3) is 4.20. The molecule has 19 heavy (non-hydrogen) atoms. The van der Waals surface area contributed by atoms with Gasteiger partial charge in [0.25, 0.3) is 0 Å². The van der Waals surface area contributed by atoms with Gasteiger partial charge in [-0.05, 0) is 32.1 Å². The molecule has 0 aliphatic heterocycles. The van der Waals surface area contributed by atoms with Gasteiger partial charge in [0, 0.05) is 6.54 Å². The molecular weight excluding hydrogens is 246 g/mol. The van der Waals surface area contributed by atoms with E-state index in [1.165, 1.54) is 0 Å². The topological polar surface area (TPSA) is 86.6 Å². The molecule has 1 amide bonds. The van der Waals surface area contributed by atoms with Crippen LogP contribution in [-0.4, -0.2) is 34.2 Å². The summed E-state index contributed by atoms with van der Waals surface area (Å²) in [5, 5.41) is 21.7. The Morgan fingerprint density at radius 1 is 1.26 bits per heavy atom. The highest BCUT2D eigenvalue weighted by molar-refractivity contribution is 5.85. The van der Waals surface area contributed by atoms with Crippen molar-refractivity contribution < 1.29 is 19.8 Å². The number of hydrogen-bond acceptors (Lipinski definition) is 3. The molecule has 1 saturated carbocycles. The van der Waals surface area contributed by atoms with Crippen molar-refractivity contribution in [1.29, 1.82) is 0 Å². The van der Waals surface area contributed by atoms with Crippen LogP contribution in [0.15, 0.2) is 0 Å². The Morgan fingerprint density at radius 3 is 2.32 bits per heavy atom. The minimum atomic E-state index is -0.933. The summed E-state index contributed by atoms with van der Waals surface area (Å²) in [6.45, 7) is 5.69. The summed E-state index contributed by atoms with van der Waals surface area (Å²) in [5.74, 6) is -1.87. The normalized spacial score (nSPS) is 29.8. The zero-order valence-electron chi connectivity index (χ0n) is 12.0. The van der Waals surface area contributed by atoms with Gasteiger partial charge in [-0.1, -0.05) is 20.3 Å². The summed E-state index contributed by atoms with van der Waals surface area (Å²) < 4.78 is 0. The van der Waals surface area contributed by atoms with Crippen molar-refractivity contribution >= 4 is 11.9 Å². The summed E-state index contributed by atoms with van der Waals surface area (Å²) in [6.07, 6.45) is 2.65. The van der Waals surface area contributed by atoms with E-state index in [-0.39, 0.29) is 12.5 Å². The van der Waals surface area contributed by atoms with Gasteiger partial charge in [-0.15, -0.1) is 0 Å². The van der Waals surface area contributed by atoms with E-state index in [0.29, 0.717) is 25.2 Å². The zero-order valence-corrected chi connectivity index (χ0v) is 12.0. The second-order valence-electron chi connectivity index (χ2n) is 5.87. The molecule has 110 valence electrons. The van der Waals surface area contributed by atoms with Crippen molar-refractivity contribution in [2.75, 3.05) is 6.54 Å². The molecule has 0 aromatic heterocycles. The van der Waals surface area contributed by atoms with Crippen LogP contribution in [0.2, 0.25) is 0 Å². The SMILES string of the molecule is CCC1C[C@H](C(=O)NCC(C)(O)CC)[C@H](C(=O)O)C1. The van der Waals surface area contributed by atoms with E-state index in [0.717, 1.165) is 6.42 Å². The van der Waals surface area contributed by atoms with Crippen LogP contribution in [0.1, 0.15) is 46.5 Å². The fourth-order valence-corrected chi connectivity index (χ4v) is 2.57. The summed E-state index contributed by atoms with van der Waals surface area (Å²) in [4.78, 5) is 23.3. The van der Waals surface area contributed by atoms with Crippen molar-refractivity contribution in [2.45, 2.75) is 52.1 Å². The Labute approximate surface area is 114 Å². The van der Waals surface area contributed by atoms with Crippen LogP contribution in [0, 0.1) is 17.8 Å². The number of amides is 1. The molecule has 1 rings (SSSR count). The van der Waals surface area contributed by atoms with Gasteiger partial charge < -0.3 is 15.5 Å². The molecule has 0 aromatic carbocycles. The third-order valence-corrected chi connectivity index (χ3v) is 4.30. The zero-order chi connectivity index (χ0) is 14.6. The lowest BCUT2D eigenvalue weighted by Gasteiger charge is -2.23. The van der Waals surface area contributed by atoms with Crippen molar-refractivity contribution in [3.63, 3.8) is 0 Å². The molecule has 2 unspecified atom stereocenters. The Morgan fingerprint density at radius 2 is 1.84 bits per heavy atom. The van der Waals surface area contributed by atoms with E-state index >= 15 is 0 Å². The fraction of sp³-hybridized carbons (Fsp3) is 0.857. The van der Waals surface area contributed by atoms with Gasteiger partial charge in [0.2, 0.25) is 5.91 Å². The lowest BCUT2D eigenvalue weighted by atomic mass is 9.95. The first kappa shape index (κ1) is 16.0. The number of rotatable bonds is 6. The van der Waals surface area contributed by atoms with Gasteiger partial charge in [-0.25, -0.2) is 0 Å². The molecule has 0 saturated heterocycles. The fourth-order valence-electron chi connectivity index (χ4n) is 2.57. The first-order valence-corrected chi connectivity index (χ1v) is 7.03. The van der Waals surface area contributed by atoms with Gasteiger partial charge >= 0.3 is 5.97 Å². The van der Waals surface area contributed by atoms with Crippen LogP contribution < -0.4 is 5.32 Å². The summed E-state index contributed by atoms with van der Waals surface area (Å²) in [7, 11) is 0. The molecule has 1 aliphatic carbocycles. The molecule has 1 aliphatic rings. The standard InChI is InChI=1S/C14H25NO4/c1-4-9-6-10(11(7-9)13(17)18)12(16)15-8-14(3,19)5-2/h9-11,19H,4-8H2,1-3H3,(H,15,16)(H,17,18)/t9?,10-,11+,14?/m0/s1. The molecule has 5 nitrogen and oxygen atoms in total. The van der Waals surface area contributed by atoms with Crippen molar-refractivity contribution in [2.24, 2.45) is 17.8 Å². The molecule has 5 heteroatoms. The number of carbonyl (C=O) groups is 2. The number of aliphatic carboxylic acids is 1. The van der Waals surface area contributed by atoms with Gasteiger partial charge in [-0.3, -0.25) is 9.59 Å². The van der Waals surface area contributed by atoms with Gasteiger partial charge in [0.05, 0.1) is 17.4 Å². The van der Waals surface area contributed by atoms with Crippen LogP contribution in [-0.2, 0) is 9.59 Å². The minimum Gasteiger partial charge on any atom is -0.481 e. The van der Waals surface area contributed by atoms with E-state index in [1.807, 2.05) is 13.8 Å². The van der Waals surface area contributed by atoms with Crippen LogP contribution in [0.25, 0.3) is 0 Å².